The maximum Gasteiger partial charge on any atom is 0.272 e. The van der Waals surface area contributed by atoms with E-state index < -0.39 is 0 Å². The van der Waals surface area contributed by atoms with Crippen molar-refractivity contribution < 1.29 is 9.90 Å². The number of rotatable bonds is 2. The maximum atomic E-state index is 12.8. The van der Waals surface area contributed by atoms with Gasteiger partial charge in [-0.15, -0.1) is 0 Å². The molecule has 3 aromatic rings. The van der Waals surface area contributed by atoms with Gasteiger partial charge in [0.2, 0.25) is 0 Å². The summed E-state index contributed by atoms with van der Waals surface area (Å²) in [6.45, 7) is 3.08. The molecule has 0 spiro atoms. The molecule has 4 rings (SSSR count). The number of nitrogens with one attached hydrogen (secondary N) is 1. The normalized spacial score (nSPS) is 14.6. The first-order valence-corrected chi connectivity index (χ1v) is 8.20. The number of aromatic hydroxyl groups is 1. The van der Waals surface area contributed by atoms with E-state index in [-0.39, 0.29) is 11.7 Å². The molecule has 2 aromatic heterocycles. The Bertz CT molecular complexity index is 990. The zero-order valence-corrected chi connectivity index (χ0v) is 13.9. The molecular weight excluding hydrogens is 316 g/mol. The summed E-state index contributed by atoms with van der Waals surface area (Å²) in [5.74, 6) is 0.121. The van der Waals surface area contributed by atoms with Gasteiger partial charge in [0.05, 0.1) is 5.52 Å². The number of amides is 1. The lowest BCUT2D eigenvalue weighted by atomic mass is 10.0. The Morgan fingerprint density at radius 3 is 3.04 bits per heavy atom. The van der Waals surface area contributed by atoms with Crippen molar-refractivity contribution in [2.24, 2.45) is 0 Å². The standard InChI is InChI=1S/C19H18N4O2/c1-12-16-10-20-18(9-17(16)22-21-12)19(25)23-7-3-5-14(11-23)13-4-2-6-15(24)8-13/h2,4-6,8-10,24H,3,7,11H2,1H3,(H,21,22). The summed E-state index contributed by atoms with van der Waals surface area (Å²) >= 11 is 0. The van der Waals surface area contributed by atoms with Crippen molar-refractivity contribution >= 4 is 22.4 Å². The summed E-state index contributed by atoms with van der Waals surface area (Å²) in [5, 5.41) is 17.7. The van der Waals surface area contributed by atoms with Crippen LogP contribution < -0.4 is 0 Å². The van der Waals surface area contributed by atoms with E-state index >= 15 is 0 Å². The molecule has 25 heavy (non-hydrogen) atoms. The highest BCUT2D eigenvalue weighted by atomic mass is 16.3. The van der Waals surface area contributed by atoms with Gasteiger partial charge in [0.25, 0.3) is 5.91 Å². The van der Waals surface area contributed by atoms with Gasteiger partial charge in [0, 0.05) is 30.4 Å². The Labute approximate surface area is 144 Å². The lowest BCUT2D eigenvalue weighted by Gasteiger charge is -2.27. The van der Waals surface area contributed by atoms with Gasteiger partial charge in [-0.3, -0.25) is 14.9 Å². The van der Waals surface area contributed by atoms with Crippen molar-refractivity contribution in [2.75, 3.05) is 13.1 Å². The van der Waals surface area contributed by atoms with E-state index in [0.717, 1.165) is 34.2 Å². The fourth-order valence-corrected chi connectivity index (χ4v) is 3.14. The van der Waals surface area contributed by atoms with E-state index in [9.17, 15) is 9.90 Å². The minimum atomic E-state index is -0.103. The number of aromatic nitrogens is 3. The van der Waals surface area contributed by atoms with Crippen LogP contribution in [0.2, 0.25) is 0 Å². The highest BCUT2D eigenvalue weighted by Gasteiger charge is 2.22. The van der Waals surface area contributed by atoms with E-state index in [4.69, 9.17) is 0 Å². The molecule has 0 aliphatic carbocycles. The van der Waals surface area contributed by atoms with Crippen molar-refractivity contribution in [3.8, 4) is 5.75 Å². The first-order chi connectivity index (χ1) is 12.1. The van der Waals surface area contributed by atoms with Crippen LogP contribution in [0, 0.1) is 6.92 Å². The molecule has 0 saturated carbocycles. The average Bonchev–Trinajstić information content (AvgIpc) is 3.02. The molecule has 3 heterocycles. The predicted octanol–water partition coefficient (Wildman–Crippen LogP) is 2.90. The number of hydrogen-bond acceptors (Lipinski definition) is 4. The molecule has 2 N–H and O–H groups in total. The molecule has 6 nitrogen and oxygen atoms in total. The number of aromatic amines is 1. The lowest BCUT2D eigenvalue weighted by molar-refractivity contribution is 0.0769. The fraction of sp³-hybridized carbons (Fsp3) is 0.211. The van der Waals surface area contributed by atoms with Crippen LogP contribution in [0.25, 0.3) is 16.5 Å². The largest absolute Gasteiger partial charge is 0.508 e. The van der Waals surface area contributed by atoms with Crippen molar-refractivity contribution in [3.05, 3.63) is 59.6 Å². The van der Waals surface area contributed by atoms with Crippen LogP contribution in [0.15, 0.2) is 42.6 Å². The van der Waals surface area contributed by atoms with Crippen molar-refractivity contribution in [1.29, 1.82) is 0 Å². The predicted molar refractivity (Wildman–Crippen MR) is 95.2 cm³/mol. The Morgan fingerprint density at radius 1 is 1.32 bits per heavy atom. The molecule has 0 bridgehead atoms. The van der Waals surface area contributed by atoms with Gasteiger partial charge in [0.15, 0.2) is 0 Å². The number of phenols is 1. The number of carbonyl (C=O) groups excluding carboxylic acids is 1. The highest BCUT2D eigenvalue weighted by molar-refractivity contribution is 5.96. The molecule has 126 valence electrons. The number of hydrogen-bond donors (Lipinski definition) is 2. The Hall–Kier alpha value is -3.15. The van der Waals surface area contributed by atoms with E-state index in [1.165, 1.54) is 0 Å². The number of aryl methyl sites for hydroxylation is 1. The summed E-state index contributed by atoms with van der Waals surface area (Å²) in [7, 11) is 0. The minimum absolute atomic E-state index is 0.103. The van der Waals surface area contributed by atoms with Gasteiger partial charge >= 0.3 is 0 Å². The third-order valence-corrected chi connectivity index (χ3v) is 4.50. The van der Waals surface area contributed by atoms with Crippen molar-refractivity contribution in [2.45, 2.75) is 13.3 Å². The average molecular weight is 334 g/mol. The van der Waals surface area contributed by atoms with Crippen LogP contribution in [0.3, 0.4) is 0 Å². The van der Waals surface area contributed by atoms with Gasteiger partial charge in [-0.25, -0.2) is 0 Å². The molecule has 1 aliphatic rings. The highest BCUT2D eigenvalue weighted by Crippen LogP contribution is 2.25. The van der Waals surface area contributed by atoms with Crippen LogP contribution in [0.5, 0.6) is 5.75 Å². The molecule has 1 aliphatic heterocycles. The first kappa shape index (κ1) is 15.4. The number of pyridine rings is 1. The molecule has 0 saturated heterocycles. The molecule has 6 heteroatoms. The van der Waals surface area contributed by atoms with E-state index in [1.807, 2.05) is 19.1 Å². The smallest absolute Gasteiger partial charge is 0.272 e. The number of fused-ring (bicyclic) bond motifs is 1. The Balaban J connectivity index is 1.58. The third kappa shape index (κ3) is 2.87. The number of carbonyl (C=O) groups is 1. The number of benzene rings is 1. The molecule has 0 radical (unpaired) electrons. The van der Waals surface area contributed by atoms with Crippen molar-refractivity contribution in [1.82, 2.24) is 20.1 Å². The zero-order valence-electron chi connectivity index (χ0n) is 13.9. The monoisotopic (exact) mass is 334 g/mol. The van der Waals surface area contributed by atoms with Crippen LogP contribution in [-0.4, -0.2) is 44.2 Å². The first-order valence-electron chi connectivity index (χ1n) is 8.20. The van der Waals surface area contributed by atoms with Crippen LogP contribution in [-0.2, 0) is 0 Å². The van der Waals surface area contributed by atoms with Crippen LogP contribution in [0.4, 0.5) is 0 Å². The zero-order chi connectivity index (χ0) is 17.4. The summed E-state index contributed by atoms with van der Waals surface area (Å²) in [5.41, 5.74) is 4.05. The lowest BCUT2D eigenvalue weighted by Crippen LogP contribution is -2.35. The molecule has 1 aromatic carbocycles. The van der Waals surface area contributed by atoms with Gasteiger partial charge < -0.3 is 10.0 Å². The Kier molecular flexibility index (Phi) is 3.72. The van der Waals surface area contributed by atoms with E-state index in [0.29, 0.717) is 18.8 Å². The molecular formula is C19H18N4O2. The third-order valence-electron chi connectivity index (χ3n) is 4.50. The quantitative estimate of drug-likeness (QED) is 0.755. The Morgan fingerprint density at radius 2 is 2.20 bits per heavy atom. The van der Waals surface area contributed by atoms with Gasteiger partial charge in [-0.05, 0) is 42.7 Å². The second-order valence-corrected chi connectivity index (χ2v) is 6.23. The van der Waals surface area contributed by atoms with Gasteiger partial charge in [-0.2, -0.15) is 5.10 Å². The number of H-pyrrole nitrogens is 1. The topological polar surface area (TPSA) is 82.1 Å². The molecule has 0 fully saturated rings. The van der Waals surface area contributed by atoms with Crippen LogP contribution >= 0.6 is 0 Å². The number of nitrogens with zero attached hydrogens (tertiary/aromatic N) is 3. The summed E-state index contributed by atoms with van der Waals surface area (Å²) < 4.78 is 0. The molecule has 0 atom stereocenters. The van der Waals surface area contributed by atoms with Gasteiger partial charge in [-0.1, -0.05) is 18.2 Å². The van der Waals surface area contributed by atoms with E-state index in [1.54, 1.807) is 29.3 Å². The SMILES string of the molecule is Cc1[nH]nc2cc(C(=O)N3CCC=C(c4cccc(O)c4)C3)ncc12. The van der Waals surface area contributed by atoms with Crippen molar-refractivity contribution in [3.63, 3.8) is 0 Å². The number of phenolic OH excluding ortho intramolecular Hbond substituents is 1. The van der Waals surface area contributed by atoms with E-state index in [2.05, 4.69) is 21.3 Å². The minimum Gasteiger partial charge on any atom is -0.508 e. The second-order valence-electron chi connectivity index (χ2n) is 6.23. The summed E-state index contributed by atoms with van der Waals surface area (Å²) in [4.78, 5) is 18.9. The second kappa shape index (κ2) is 6.05. The van der Waals surface area contributed by atoms with Gasteiger partial charge in [0.1, 0.15) is 11.4 Å². The molecule has 1 amide bonds. The van der Waals surface area contributed by atoms with Crippen LogP contribution in [0.1, 0.15) is 28.2 Å². The summed E-state index contributed by atoms with van der Waals surface area (Å²) in [6, 6.07) is 8.84. The molecule has 0 unspecified atom stereocenters. The fourth-order valence-electron chi connectivity index (χ4n) is 3.14. The maximum absolute atomic E-state index is 12.8. The summed E-state index contributed by atoms with van der Waals surface area (Å²) in [6.07, 6.45) is 4.59.